The summed E-state index contributed by atoms with van der Waals surface area (Å²) >= 11 is 1.30. The Morgan fingerprint density at radius 1 is 1.56 bits per heavy atom. The lowest BCUT2D eigenvalue weighted by Crippen LogP contribution is -1.86. The molecular weight excluding hydrogens is 138 g/mol. The van der Waals surface area contributed by atoms with Crippen molar-refractivity contribution in [1.82, 2.24) is 24.4 Å². The molecule has 0 aliphatic heterocycles. The lowest BCUT2D eigenvalue weighted by molar-refractivity contribution is 0.794. The van der Waals surface area contributed by atoms with Crippen LogP contribution in [0.4, 0.5) is 0 Å². The van der Waals surface area contributed by atoms with Crippen LogP contribution in [0.3, 0.4) is 0 Å². The molecule has 0 radical (unpaired) electrons. The summed E-state index contributed by atoms with van der Waals surface area (Å²) in [7, 11) is 0. The Morgan fingerprint density at radius 2 is 2.44 bits per heavy atom. The summed E-state index contributed by atoms with van der Waals surface area (Å²) in [5.74, 6) is 0.833. The van der Waals surface area contributed by atoms with Gasteiger partial charge in [0.25, 0.3) is 4.96 Å². The zero-order valence-corrected chi connectivity index (χ0v) is 5.46. The smallest absolute Gasteiger partial charge is 0.174 e. The van der Waals surface area contributed by atoms with Crippen molar-refractivity contribution in [2.45, 2.75) is 6.92 Å². The third-order valence-electron chi connectivity index (χ3n) is 1.01. The van der Waals surface area contributed by atoms with Crippen LogP contribution in [-0.2, 0) is 0 Å². The van der Waals surface area contributed by atoms with Gasteiger partial charge in [-0.3, -0.25) is 0 Å². The lowest BCUT2D eigenvalue weighted by Gasteiger charge is -1.75. The maximum atomic E-state index is 4.00. The van der Waals surface area contributed by atoms with E-state index in [2.05, 4.69) is 19.9 Å². The van der Waals surface area contributed by atoms with Crippen LogP contribution in [-0.4, -0.2) is 24.4 Å². The number of aromatic nitrogens is 5. The van der Waals surface area contributed by atoms with Gasteiger partial charge < -0.3 is 0 Å². The van der Waals surface area contributed by atoms with E-state index >= 15 is 0 Å². The van der Waals surface area contributed by atoms with E-state index in [1.807, 2.05) is 6.92 Å². The van der Waals surface area contributed by atoms with Gasteiger partial charge in [-0.05, 0) is 17.4 Å². The Bertz CT molecular complexity index is 321. The van der Waals surface area contributed by atoms with Crippen molar-refractivity contribution >= 4 is 16.5 Å². The van der Waals surface area contributed by atoms with Gasteiger partial charge in [0.05, 0.1) is 0 Å². The molecule has 0 atom stereocenters. The van der Waals surface area contributed by atoms with Crippen molar-refractivity contribution in [2.24, 2.45) is 0 Å². The highest BCUT2D eigenvalue weighted by Gasteiger charge is 2.01. The molecule has 6 heteroatoms. The topological polar surface area (TPSA) is 56.0 Å². The first-order valence-electron chi connectivity index (χ1n) is 2.38. The highest BCUT2D eigenvalue weighted by atomic mass is 32.1. The molecule has 9 heavy (non-hydrogen) atoms. The van der Waals surface area contributed by atoms with Crippen molar-refractivity contribution in [3.8, 4) is 0 Å². The maximum Gasteiger partial charge on any atom is 0.253 e. The van der Waals surface area contributed by atoms with Gasteiger partial charge in [0.15, 0.2) is 0 Å². The molecule has 0 amide bonds. The fourth-order valence-electron chi connectivity index (χ4n) is 0.584. The zero-order chi connectivity index (χ0) is 6.27. The summed E-state index contributed by atoms with van der Waals surface area (Å²) < 4.78 is 5.60. The fourth-order valence-corrected chi connectivity index (χ4v) is 1.19. The summed E-state index contributed by atoms with van der Waals surface area (Å²) in [5.41, 5.74) is 0. The maximum absolute atomic E-state index is 4.00. The first-order chi connectivity index (χ1) is 4.38. The first kappa shape index (κ1) is 4.80. The Morgan fingerprint density at radius 3 is 3.22 bits per heavy atom. The summed E-state index contributed by atoms with van der Waals surface area (Å²) in [4.78, 5) is 0.743. The number of hydrogen-bond acceptors (Lipinski definition) is 5. The van der Waals surface area contributed by atoms with E-state index in [4.69, 9.17) is 0 Å². The molecule has 0 aliphatic rings. The number of aryl methyl sites for hydroxylation is 1. The molecule has 2 rings (SSSR count). The lowest BCUT2D eigenvalue weighted by atomic mass is 10.7. The van der Waals surface area contributed by atoms with E-state index < -0.39 is 0 Å². The minimum atomic E-state index is 0.743. The molecule has 0 saturated carbocycles. The molecule has 0 fully saturated rings. The van der Waals surface area contributed by atoms with Crippen LogP contribution >= 0.6 is 11.5 Å². The van der Waals surface area contributed by atoms with Crippen LogP contribution in [0.1, 0.15) is 5.82 Å². The van der Waals surface area contributed by atoms with Gasteiger partial charge >= 0.3 is 0 Å². The predicted molar refractivity (Wildman–Crippen MR) is 31.2 cm³/mol. The highest BCUT2D eigenvalue weighted by molar-refractivity contribution is 7.11. The monoisotopic (exact) mass is 141 g/mol. The number of tetrazole rings is 1. The van der Waals surface area contributed by atoms with Gasteiger partial charge in [-0.2, -0.15) is 8.89 Å². The van der Waals surface area contributed by atoms with Crippen LogP contribution in [0, 0.1) is 6.92 Å². The van der Waals surface area contributed by atoms with Gasteiger partial charge in [0.2, 0.25) is 0 Å². The molecule has 0 aromatic carbocycles. The number of hydrogen-bond donors (Lipinski definition) is 0. The Hall–Kier alpha value is -1.04. The van der Waals surface area contributed by atoms with Crippen molar-refractivity contribution in [1.29, 1.82) is 0 Å². The quantitative estimate of drug-likeness (QED) is 0.513. The minimum Gasteiger partial charge on any atom is -0.174 e. The second kappa shape index (κ2) is 1.47. The van der Waals surface area contributed by atoms with Gasteiger partial charge in [-0.15, -0.1) is 0 Å². The molecule has 5 nitrogen and oxygen atoms in total. The summed E-state index contributed by atoms with van der Waals surface area (Å²) in [6.07, 6.45) is 0. The second-order valence-corrected chi connectivity index (χ2v) is 2.33. The van der Waals surface area contributed by atoms with E-state index in [1.54, 1.807) is 4.52 Å². The van der Waals surface area contributed by atoms with Gasteiger partial charge in [0, 0.05) is 11.5 Å². The number of nitrogens with zero attached hydrogens (tertiary/aromatic N) is 5. The standard InChI is InChI=1S/C3H3N5S/c1-2-5-9-3-4-6-7-8(2)3/h1H3. The molecule has 2 heterocycles. The van der Waals surface area contributed by atoms with Crippen LogP contribution in [0.25, 0.3) is 4.96 Å². The normalized spacial score (nSPS) is 10.8. The van der Waals surface area contributed by atoms with Gasteiger partial charge in [-0.1, -0.05) is 5.10 Å². The molecule has 2 aromatic heterocycles. The number of rotatable bonds is 0. The van der Waals surface area contributed by atoms with E-state index in [0.29, 0.717) is 0 Å². The van der Waals surface area contributed by atoms with Crippen molar-refractivity contribution in [3.05, 3.63) is 5.82 Å². The van der Waals surface area contributed by atoms with Crippen LogP contribution in [0.5, 0.6) is 0 Å². The van der Waals surface area contributed by atoms with Crippen LogP contribution < -0.4 is 0 Å². The molecule has 46 valence electrons. The third kappa shape index (κ3) is 0.531. The Labute approximate surface area is 54.5 Å². The molecular formula is C3H3N5S. The van der Waals surface area contributed by atoms with Gasteiger partial charge in [-0.25, -0.2) is 0 Å². The average molecular weight is 141 g/mol. The Kier molecular flexibility index (Phi) is 0.786. The Balaban J connectivity index is 2.99. The van der Waals surface area contributed by atoms with E-state index in [9.17, 15) is 0 Å². The molecule has 2 aromatic rings. The fraction of sp³-hybridized carbons (Fsp3) is 0.333. The van der Waals surface area contributed by atoms with Crippen molar-refractivity contribution < 1.29 is 0 Å². The molecule has 0 aliphatic carbocycles. The predicted octanol–water partition coefficient (Wildman–Crippen LogP) is -0.111. The average Bonchev–Trinajstić information content (AvgIpc) is 2.35. The molecule has 0 unspecified atom stereocenters. The van der Waals surface area contributed by atoms with E-state index in [1.165, 1.54) is 11.5 Å². The molecule has 0 bridgehead atoms. The van der Waals surface area contributed by atoms with Crippen molar-refractivity contribution in [2.75, 3.05) is 0 Å². The van der Waals surface area contributed by atoms with Gasteiger partial charge in [0.1, 0.15) is 5.82 Å². The summed E-state index contributed by atoms with van der Waals surface area (Å²) in [5, 5.41) is 10.8. The molecule has 0 N–H and O–H groups in total. The van der Waals surface area contributed by atoms with E-state index in [-0.39, 0.29) is 0 Å². The SMILES string of the molecule is Cc1nsc2nnnn12. The summed E-state index contributed by atoms with van der Waals surface area (Å²) in [6, 6.07) is 0. The van der Waals surface area contributed by atoms with Crippen LogP contribution in [0.15, 0.2) is 0 Å². The first-order valence-corrected chi connectivity index (χ1v) is 3.15. The third-order valence-corrected chi connectivity index (χ3v) is 1.78. The van der Waals surface area contributed by atoms with Crippen molar-refractivity contribution in [3.63, 3.8) is 0 Å². The highest BCUT2D eigenvalue weighted by Crippen LogP contribution is 2.03. The summed E-state index contributed by atoms with van der Waals surface area (Å²) in [6.45, 7) is 1.86. The largest absolute Gasteiger partial charge is 0.253 e. The zero-order valence-electron chi connectivity index (χ0n) is 4.64. The minimum absolute atomic E-state index is 0.743. The number of fused-ring (bicyclic) bond motifs is 1. The molecule has 0 spiro atoms. The van der Waals surface area contributed by atoms with Crippen LogP contribution in [0.2, 0.25) is 0 Å². The van der Waals surface area contributed by atoms with E-state index in [0.717, 1.165) is 10.8 Å². The molecule has 0 saturated heterocycles. The second-order valence-electron chi connectivity index (χ2n) is 1.60.